The van der Waals surface area contributed by atoms with Gasteiger partial charge in [0.15, 0.2) is 5.69 Å². The van der Waals surface area contributed by atoms with E-state index in [4.69, 9.17) is 0 Å². The number of fused-ring (bicyclic) bond motifs is 1. The number of carboxylic acids is 1. The molecule has 1 aromatic heterocycles. The molecule has 1 aliphatic heterocycles. The Hall–Kier alpha value is -1.36. The summed E-state index contributed by atoms with van der Waals surface area (Å²) in [4.78, 5) is 15.8. The molecule has 1 aliphatic rings. The zero-order chi connectivity index (χ0) is 11.9. The second-order valence-corrected chi connectivity index (χ2v) is 5.11. The highest BCUT2D eigenvalue weighted by atomic mass is 16.4. The highest BCUT2D eigenvalue weighted by Gasteiger charge is 2.30. The molecule has 0 amide bonds. The molecule has 0 unspecified atom stereocenters. The smallest absolute Gasteiger partial charge is 0.354 e. The molecule has 88 valence electrons. The van der Waals surface area contributed by atoms with Gasteiger partial charge in [0.25, 0.3) is 0 Å². The van der Waals surface area contributed by atoms with Crippen LogP contribution in [0.25, 0.3) is 0 Å². The number of hydrogen-bond donors (Lipinski definition) is 2. The molecule has 0 radical (unpaired) electrons. The molecule has 0 saturated carbocycles. The van der Waals surface area contributed by atoms with Gasteiger partial charge in [0, 0.05) is 18.5 Å². The Labute approximate surface area is 94.5 Å². The molecule has 0 atom stereocenters. The van der Waals surface area contributed by atoms with Crippen LogP contribution in [0, 0.1) is 0 Å². The summed E-state index contributed by atoms with van der Waals surface area (Å²) in [6.07, 6.45) is 0. The van der Waals surface area contributed by atoms with E-state index in [0.717, 1.165) is 12.4 Å². The SMILES string of the molecule is CC(C)(C)c1nc2n(c1C(=O)O)CCNC2. The molecule has 5 nitrogen and oxygen atoms in total. The maximum absolute atomic E-state index is 11.3. The summed E-state index contributed by atoms with van der Waals surface area (Å²) in [5.41, 5.74) is 0.792. The van der Waals surface area contributed by atoms with Crippen LogP contribution in [0.1, 0.15) is 42.8 Å². The number of hydrogen-bond acceptors (Lipinski definition) is 3. The highest BCUT2D eigenvalue weighted by molar-refractivity contribution is 5.87. The number of aromatic carboxylic acids is 1. The van der Waals surface area contributed by atoms with E-state index in [9.17, 15) is 9.90 Å². The van der Waals surface area contributed by atoms with Gasteiger partial charge in [-0.3, -0.25) is 0 Å². The van der Waals surface area contributed by atoms with Crippen molar-refractivity contribution in [3.63, 3.8) is 0 Å². The van der Waals surface area contributed by atoms with Crippen LogP contribution in [-0.2, 0) is 18.5 Å². The molecule has 0 fully saturated rings. The number of carbonyl (C=O) groups is 1. The minimum Gasteiger partial charge on any atom is -0.477 e. The minimum absolute atomic E-state index is 0.238. The maximum atomic E-state index is 11.3. The van der Waals surface area contributed by atoms with E-state index in [2.05, 4.69) is 10.3 Å². The van der Waals surface area contributed by atoms with Crippen LogP contribution in [0.4, 0.5) is 0 Å². The Kier molecular flexibility index (Phi) is 2.50. The standard InChI is InChI=1S/C11H17N3O2/c1-11(2,3)9-8(10(15)16)14-5-4-12-6-7(14)13-9/h12H,4-6H2,1-3H3,(H,15,16). The number of imidazole rings is 1. The fourth-order valence-corrected chi connectivity index (χ4v) is 2.01. The van der Waals surface area contributed by atoms with E-state index in [1.165, 1.54) is 0 Å². The van der Waals surface area contributed by atoms with E-state index in [1.807, 2.05) is 25.3 Å². The lowest BCUT2D eigenvalue weighted by molar-refractivity contribution is 0.0681. The Balaban J connectivity index is 2.61. The lowest BCUT2D eigenvalue weighted by atomic mass is 9.90. The molecule has 0 bridgehead atoms. The highest BCUT2D eigenvalue weighted by Crippen LogP contribution is 2.27. The van der Waals surface area contributed by atoms with Gasteiger partial charge in [-0.05, 0) is 0 Å². The van der Waals surface area contributed by atoms with Crippen molar-refractivity contribution < 1.29 is 9.90 Å². The van der Waals surface area contributed by atoms with Crippen molar-refractivity contribution in [3.05, 3.63) is 17.2 Å². The summed E-state index contributed by atoms with van der Waals surface area (Å²) < 4.78 is 1.82. The van der Waals surface area contributed by atoms with Gasteiger partial charge in [0.05, 0.1) is 12.2 Å². The van der Waals surface area contributed by atoms with Crippen LogP contribution < -0.4 is 5.32 Å². The molecule has 2 N–H and O–H groups in total. The summed E-state index contributed by atoms with van der Waals surface area (Å²) in [6, 6.07) is 0. The van der Waals surface area contributed by atoms with E-state index < -0.39 is 5.97 Å². The van der Waals surface area contributed by atoms with Crippen LogP contribution in [0.2, 0.25) is 0 Å². The van der Waals surface area contributed by atoms with Crippen LogP contribution in [0.5, 0.6) is 0 Å². The van der Waals surface area contributed by atoms with Crippen molar-refractivity contribution in [1.82, 2.24) is 14.9 Å². The Bertz CT molecular complexity index is 429. The van der Waals surface area contributed by atoms with Gasteiger partial charge in [-0.1, -0.05) is 20.8 Å². The Morgan fingerprint density at radius 1 is 1.50 bits per heavy atom. The molecule has 16 heavy (non-hydrogen) atoms. The fraction of sp³-hybridized carbons (Fsp3) is 0.636. The van der Waals surface area contributed by atoms with Crippen molar-refractivity contribution in [3.8, 4) is 0 Å². The number of aromatic nitrogens is 2. The van der Waals surface area contributed by atoms with E-state index in [-0.39, 0.29) is 5.41 Å². The number of nitrogens with one attached hydrogen (secondary N) is 1. The summed E-state index contributed by atoms with van der Waals surface area (Å²) >= 11 is 0. The van der Waals surface area contributed by atoms with Crippen LogP contribution in [0.15, 0.2) is 0 Å². The zero-order valence-electron chi connectivity index (χ0n) is 9.87. The first-order chi connectivity index (χ1) is 7.41. The van der Waals surface area contributed by atoms with Crippen molar-refractivity contribution in [1.29, 1.82) is 0 Å². The first-order valence-corrected chi connectivity index (χ1v) is 5.45. The van der Waals surface area contributed by atoms with Gasteiger partial charge >= 0.3 is 5.97 Å². The monoisotopic (exact) mass is 223 g/mol. The van der Waals surface area contributed by atoms with Gasteiger partial charge in [-0.15, -0.1) is 0 Å². The number of carboxylic acid groups (broad SMARTS) is 1. The average molecular weight is 223 g/mol. The predicted molar refractivity (Wildman–Crippen MR) is 59.6 cm³/mol. The van der Waals surface area contributed by atoms with Gasteiger partial charge in [-0.25, -0.2) is 9.78 Å². The lowest BCUT2D eigenvalue weighted by Crippen LogP contribution is -2.30. The number of nitrogens with zero attached hydrogens (tertiary/aromatic N) is 2. The first kappa shape index (κ1) is 11.1. The summed E-state index contributed by atoms with van der Waals surface area (Å²) in [7, 11) is 0. The van der Waals surface area contributed by atoms with E-state index in [0.29, 0.717) is 24.5 Å². The summed E-state index contributed by atoms with van der Waals surface area (Å²) in [5.74, 6) is -0.0563. The third-order valence-electron chi connectivity index (χ3n) is 2.75. The van der Waals surface area contributed by atoms with Gasteiger partial charge < -0.3 is 15.0 Å². The minimum atomic E-state index is -0.884. The molecule has 0 aromatic carbocycles. The van der Waals surface area contributed by atoms with Gasteiger partial charge in [0.1, 0.15) is 5.82 Å². The van der Waals surface area contributed by atoms with Crippen LogP contribution >= 0.6 is 0 Å². The maximum Gasteiger partial charge on any atom is 0.354 e. The van der Waals surface area contributed by atoms with E-state index in [1.54, 1.807) is 0 Å². The largest absolute Gasteiger partial charge is 0.477 e. The van der Waals surface area contributed by atoms with Crippen molar-refractivity contribution in [2.75, 3.05) is 6.54 Å². The van der Waals surface area contributed by atoms with Gasteiger partial charge in [0.2, 0.25) is 0 Å². The number of rotatable bonds is 1. The van der Waals surface area contributed by atoms with E-state index >= 15 is 0 Å². The Morgan fingerprint density at radius 2 is 2.19 bits per heavy atom. The molecule has 2 rings (SSSR count). The van der Waals surface area contributed by atoms with Crippen molar-refractivity contribution in [2.24, 2.45) is 0 Å². The third kappa shape index (κ3) is 1.71. The molecule has 1 aromatic rings. The normalized spacial score (nSPS) is 15.9. The molecule has 5 heteroatoms. The van der Waals surface area contributed by atoms with Crippen molar-refractivity contribution >= 4 is 5.97 Å². The van der Waals surface area contributed by atoms with Crippen LogP contribution in [0.3, 0.4) is 0 Å². The summed E-state index contributed by atoms with van der Waals surface area (Å²) in [6.45, 7) is 8.09. The quantitative estimate of drug-likeness (QED) is 0.744. The molecule has 2 heterocycles. The van der Waals surface area contributed by atoms with Gasteiger partial charge in [-0.2, -0.15) is 0 Å². The summed E-state index contributed by atoms with van der Waals surface area (Å²) in [5, 5.41) is 12.5. The first-order valence-electron chi connectivity index (χ1n) is 5.45. The molecule has 0 saturated heterocycles. The topological polar surface area (TPSA) is 67.2 Å². The predicted octanol–water partition coefficient (Wildman–Crippen LogP) is 0.982. The average Bonchev–Trinajstić information content (AvgIpc) is 2.55. The fourth-order valence-electron chi connectivity index (χ4n) is 2.01. The van der Waals surface area contributed by atoms with Crippen molar-refractivity contribution in [2.45, 2.75) is 39.3 Å². The molecular weight excluding hydrogens is 206 g/mol. The second kappa shape index (κ2) is 3.59. The molecule has 0 aliphatic carbocycles. The molecule has 0 spiro atoms. The van der Waals surface area contributed by atoms with Crippen LogP contribution in [-0.4, -0.2) is 27.2 Å². The Morgan fingerprint density at radius 3 is 2.75 bits per heavy atom. The zero-order valence-corrected chi connectivity index (χ0v) is 9.87. The third-order valence-corrected chi connectivity index (χ3v) is 2.75. The lowest BCUT2D eigenvalue weighted by Gasteiger charge is -2.18. The second-order valence-electron chi connectivity index (χ2n) is 5.11. The molecular formula is C11H17N3O2.